The molecule has 2 unspecified atom stereocenters. The number of amides is 1. The van der Waals surface area contributed by atoms with Crippen LogP contribution in [-0.4, -0.2) is 46.5 Å². The van der Waals surface area contributed by atoms with Gasteiger partial charge in [-0.05, 0) is 26.3 Å². The molecule has 1 aromatic rings. The van der Waals surface area contributed by atoms with Crippen molar-refractivity contribution in [1.82, 2.24) is 4.90 Å². The fraction of sp³-hybridized carbons (Fsp3) is 0.467. The second-order valence-electron chi connectivity index (χ2n) is 5.55. The summed E-state index contributed by atoms with van der Waals surface area (Å²) >= 11 is 0. The molecule has 0 aromatic heterocycles. The number of ether oxygens (including phenoxy) is 1. The molecule has 0 aliphatic carbocycles. The largest absolute Gasteiger partial charge is 0.496 e. The van der Waals surface area contributed by atoms with E-state index in [9.17, 15) is 19.7 Å². The summed E-state index contributed by atoms with van der Waals surface area (Å²) < 4.78 is 5.11. The van der Waals surface area contributed by atoms with Crippen LogP contribution in [0.4, 0.5) is 5.69 Å². The highest BCUT2D eigenvalue weighted by Crippen LogP contribution is 2.32. The van der Waals surface area contributed by atoms with E-state index in [1.807, 2.05) is 0 Å². The number of hydrogen-bond acceptors (Lipinski definition) is 5. The van der Waals surface area contributed by atoms with E-state index in [-0.39, 0.29) is 17.0 Å². The normalized spacial score (nSPS) is 20.4. The zero-order valence-electron chi connectivity index (χ0n) is 13.1. The topological polar surface area (TPSA) is 110 Å². The van der Waals surface area contributed by atoms with E-state index in [2.05, 4.69) is 0 Å². The molecular weight excluding hydrogens is 304 g/mol. The van der Waals surface area contributed by atoms with Gasteiger partial charge in [0.15, 0.2) is 0 Å². The monoisotopic (exact) mass is 322 g/mol. The number of nitrogens with zero attached hydrogens (tertiary/aromatic N) is 2. The van der Waals surface area contributed by atoms with Crippen molar-refractivity contribution in [3.63, 3.8) is 0 Å². The van der Waals surface area contributed by atoms with Gasteiger partial charge >= 0.3 is 5.97 Å². The minimum atomic E-state index is -0.944. The standard InChI is InChI=1S/C15H18N2O6/c1-8-12(17(21)22)6-10(7-13(8)23-3)14(18)16-5-4-11(9(16)2)15(19)20/h6-7,9,11H,4-5H2,1-3H3,(H,19,20). The van der Waals surface area contributed by atoms with Crippen LogP contribution in [0.1, 0.15) is 29.3 Å². The second kappa shape index (κ2) is 6.23. The maximum absolute atomic E-state index is 12.6. The van der Waals surface area contributed by atoms with Gasteiger partial charge in [0, 0.05) is 18.7 Å². The van der Waals surface area contributed by atoms with Gasteiger partial charge in [-0.15, -0.1) is 0 Å². The third kappa shape index (κ3) is 2.96. The summed E-state index contributed by atoms with van der Waals surface area (Å²) in [4.78, 5) is 35.8. The van der Waals surface area contributed by atoms with Crippen LogP contribution in [0.3, 0.4) is 0 Å². The van der Waals surface area contributed by atoms with Crippen molar-refractivity contribution in [2.45, 2.75) is 26.3 Å². The minimum Gasteiger partial charge on any atom is -0.496 e. The summed E-state index contributed by atoms with van der Waals surface area (Å²) in [6, 6.07) is 2.19. The van der Waals surface area contributed by atoms with E-state index in [1.165, 1.54) is 24.1 Å². The van der Waals surface area contributed by atoms with Gasteiger partial charge in [-0.3, -0.25) is 19.7 Å². The van der Waals surface area contributed by atoms with E-state index >= 15 is 0 Å². The van der Waals surface area contributed by atoms with Crippen LogP contribution in [0.15, 0.2) is 12.1 Å². The van der Waals surface area contributed by atoms with E-state index in [0.717, 1.165) is 0 Å². The maximum atomic E-state index is 12.6. The number of hydrogen-bond donors (Lipinski definition) is 1. The van der Waals surface area contributed by atoms with Gasteiger partial charge in [0.2, 0.25) is 0 Å². The molecule has 1 heterocycles. The number of methoxy groups -OCH3 is 1. The Bertz CT molecular complexity index is 672. The van der Waals surface area contributed by atoms with E-state index < -0.39 is 28.8 Å². The molecule has 1 aliphatic heterocycles. The average molecular weight is 322 g/mol. The van der Waals surface area contributed by atoms with Crippen LogP contribution in [0.25, 0.3) is 0 Å². The highest BCUT2D eigenvalue weighted by Gasteiger charge is 2.38. The molecule has 0 radical (unpaired) electrons. The summed E-state index contributed by atoms with van der Waals surface area (Å²) in [7, 11) is 1.37. The Labute approximate surface area is 132 Å². The first-order valence-corrected chi connectivity index (χ1v) is 7.14. The number of carboxylic acids is 1. The first-order valence-electron chi connectivity index (χ1n) is 7.14. The predicted molar refractivity (Wildman–Crippen MR) is 80.6 cm³/mol. The number of carbonyl (C=O) groups excluding carboxylic acids is 1. The quantitative estimate of drug-likeness (QED) is 0.669. The molecule has 0 spiro atoms. The molecule has 0 saturated carbocycles. The lowest BCUT2D eigenvalue weighted by Gasteiger charge is -2.23. The number of aliphatic carboxylic acids is 1. The van der Waals surface area contributed by atoms with Gasteiger partial charge in [-0.2, -0.15) is 0 Å². The number of benzene rings is 1. The molecule has 1 N–H and O–H groups in total. The van der Waals surface area contributed by atoms with Crippen molar-refractivity contribution in [3.05, 3.63) is 33.4 Å². The predicted octanol–water partition coefficient (Wildman–Crippen LogP) is 1.85. The lowest BCUT2D eigenvalue weighted by Crippen LogP contribution is -2.37. The summed E-state index contributed by atoms with van der Waals surface area (Å²) in [5.41, 5.74) is 0.262. The van der Waals surface area contributed by atoms with Crippen LogP contribution in [0.2, 0.25) is 0 Å². The molecule has 1 amide bonds. The molecule has 8 nitrogen and oxygen atoms in total. The average Bonchev–Trinajstić information content (AvgIpc) is 2.88. The van der Waals surface area contributed by atoms with Crippen molar-refractivity contribution in [3.8, 4) is 5.75 Å². The van der Waals surface area contributed by atoms with Gasteiger partial charge in [-0.25, -0.2) is 0 Å². The summed E-state index contributed by atoms with van der Waals surface area (Å²) in [6.45, 7) is 3.52. The molecule has 8 heteroatoms. The minimum absolute atomic E-state index is 0.122. The molecule has 2 rings (SSSR count). The van der Waals surface area contributed by atoms with Gasteiger partial charge in [0.25, 0.3) is 11.6 Å². The molecule has 23 heavy (non-hydrogen) atoms. The molecule has 1 aromatic carbocycles. The summed E-state index contributed by atoms with van der Waals surface area (Å²) in [5, 5.41) is 20.3. The molecule has 2 atom stereocenters. The molecular formula is C15H18N2O6. The fourth-order valence-corrected chi connectivity index (χ4v) is 2.92. The maximum Gasteiger partial charge on any atom is 0.308 e. The number of nitro groups is 1. The molecule has 1 aliphatic rings. The van der Waals surface area contributed by atoms with Crippen molar-refractivity contribution in [2.24, 2.45) is 5.92 Å². The Morgan fingerprint density at radius 1 is 1.43 bits per heavy atom. The Morgan fingerprint density at radius 3 is 2.57 bits per heavy atom. The number of carboxylic acid groups (broad SMARTS) is 1. The third-order valence-electron chi connectivity index (χ3n) is 4.33. The van der Waals surface area contributed by atoms with E-state index in [4.69, 9.17) is 9.84 Å². The van der Waals surface area contributed by atoms with Crippen LogP contribution in [0.5, 0.6) is 5.75 Å². The van der Waals surface area contributed by atoms with Crippen LogP contribution in [0, 0.1) is 23.0 Å². The van der Waals surface area contributed by atoms with Gasteiger partial charge < -0.3 is 14.7 Å². The third-order valence-corrected chi connectivity index (χ3v) is 4.33. The van der Waals surface area contributed by atoms with Crippen molar-refractivity contribution >= 4 is 17.6 Å². The Balaban J connectivity index is 2.38. The van der Waals surface area contributed by atoms with Crippen molar-refractivity contribution in [2.75, 3.05) is 13.7 Å². The van der Waals surface area contributed by atoms with Crippen LogP contribution >= 0.6 is 0 Å². The molecule has 0 bridgehead atoms. The Hall–Kier alpha value is -2.64. The van der Waals surface area contributed by atoms with Gasteiger partial charge in [-0.1, -0.05) is 0 Å². The van der Waals surface area contributed by atoms with Crippen molar-refractivity contribution < 1.29 is 24.4 Å². The summed E-state index contributed by atoms with van der Waals surface area (Å²) in [5.74, 6) is -1.74. The van der Waals surface area contributed by atoms with Gasteiger partial charge in [0.1, 0.15) is 5.75 Å². The molecule has 1 saturated heterocycles. The number of likely N-dealkylation sites (tertiary alicyclic amines) is 1. The number of carbonyl (C=O) groups is 2. The lowest BCUT2D eigenvalue weighted by atomic mass is 10.0. The SMILES string of the molecule is COc1cc(C(=O)N2CCC(C(=O)O)C2C)cc([N+](=O)[O-])c1C. The van der Waals surface area contributed by atoms with Crippen LogP contribution in [-0.2, 0) is 4.79 Å². The van der Waals surface area contributed by atoms with E-state index in [1.54, 1.807) is 13.8 Å². The Kier molecular flexibility index (Phi) is 4.53. The van der Waals surface area contributed by atoms with Crippen LogP contribution < -0.4 is 4.74 Å². The molecule has 1 fully saturated rings. The zero-order chi connectivity index (χ0) is 17.3. The zero-order valence-corrected chi connectivity index (χ0v) is 13.1. The highest BCUT2D eigenvalue weighted by atomic mass is 16.6. The number of rotatable bonds is 4. The summed E-state index contributed by atoms with van der Waals surface area (Å²) in [6.07, 6.45) is 0.368. The first-order chi connectivity index (χ1) is 10.8. The Morgan fingerprint density at radius 2 is 2.09 bits per heavy atom. The number of nitro benzene ring substituents is 1. The van der Waals surface area contributed by atoms with Gasteiger partial charge in [0.05, 0.1) is 29.1 Å². The van der Waals surface area contributed by atoms with E-state index in [0.29, 0.717) is 18.5 Å². The molecule has 124 valence electrons. The lowest BCUT2D eigenvalue weighted by molar-refractivity contribution is -0.385. The fourth-order valence-electron chi connectivity index (χ4n) is 2.92. The smallest absolute Gasteiger partial charge is 0.308 e. The second-order valence-corrected chi connectivity index (χ2v) is 5.55. The van der Waals surface area contributed by atoms with Crippen molar-refractivity contribution in [1.29, 1.82) is 0 Å². The first kappa shape index (κ1) is 16.7. The highest BCUT2D eigenvalue weighted by molar-refractivity contribution is 5.96.